The van der Waals surface area contributed by atoms with E-state index >= 15 is 0 Å². The first-order valence-corrected chi connectivity index (χ1v) is 10.00. The van der Waals surface area contributed by atoms with Crippen LogP contribution < -0.4 is 67.5 Å². The van der Waals surface area contributed by atoms with Gasteiger partial charge in [0.1, 0.15) is 11.7 Å². The molecule has 2 amide bonds. The van der Waals surface area contributed by atoms with Crippen LogP contribution in [0.5, 0.6) is 0 Å². The Labute approximate surface area is 211 Å². The molecule has 2 atom stereocenters. The summed E-state index contributed by atoms with van der Waals surface area (Å²) < 4.78 is 16.6. The number of anilines is 1. The summed E-state index contributed by atoms with van der Waals surface area (Å²) in [6.07, 6.45) is 0. The molecule has 2 heterocycles. The van der Waals surface area contributed by atoms with Crippen molar-refractivity contribution < 1.29 is 89.7 Å². The summed E-state index contributed by atoms with van der Waals surface area (Å²) in [5, 5.41) is 18.4. The number of carboxylic acids is 1. The third-order valence-corrected chi connectivity index (χ3v) is 5.71. The predicted octanol–water partition coefficient (Wildman–Crippen LogP) is -4.95. The molecular formula is C13H17KN5O8PS. The zero-order valence-electron chi connectivity index (χ0n) is 15.9. The summed E-state index contributed by atoms with van der Waals surface area (Å²) in [7, 11) is -3.29. The van der Waals surface area contributed by atoms with E-state index in [1.165, 1.54) is 5.38 Å². The summed E-state index contributed by atoms with van der Waals surface area (Å²) in [5.41, 5.74) is 3.23. The molecule has 13 nitrogen and oxygen atoms in total. The fourth-order valence-electron chi connectivity index (χ4n) is 1.87. The molecule has 4 N–H and O–H groups in total. The summed E-state index contributed by atoms with van der Waals surface area (Å²) in [4.78, 5) is 53.8. The SMILES string of the molecule is COP(=O)(O)N1C[C@H](NC(=O)/C(=N/OC(C)(C)C(=O)[O-])c2csc(N)n2)C1=O.[K+]. The maximum Gasteiger partial charge on any atom is 1.00 e. The molecule has 0 aromatic carbocycles. The summed E-state index contributed by atoms with van der Waals surface area (Å²) >= 11 is 0.996. The van der Waals surface area contributed by atoms with Crippen molar-refractivity contribution in [2.75, 3.05) is 19.4 Å². The third kappa shape index (κ3) is 6.05. The number of hydrogen-bond acceptors (Lipinski definition) is 11. The van der Waals surface area contributed by atoms with Crippen molar-refractivity contribution in [1.82, 2.24) is 15.0 Å². The first kappa shape index (κ1) is 26.1. The maximum absolute atomic E-state index is 12.5. The van der Waals surface area contributed by atoms with Gasteiger partial charge in [-0.2, -0.15) is 0 Å². The van der Waals surface area contributed by atoms with Gasteiger partial charge in [0.2, 0.25) is 0 Å². The topological polar surface area (TPSA) is 197 Å². The Hall–Kier alpha value is -0.904. The minimum atomic E-state index is -4.26. The molecule has 2 rings (SSSR count). The largest absolute Gasteiger partial charge is 1.00 e. The van der Waals surface area contributed by atoms with Crippen molar-refractivity contribution in [2.24, 2.45) is 5.16 Å². The van der Waals surface area contributed by atoms with E-state index < -0.39 is 42.9 Å². The van der Waals surface area contributed by atoms with Crippen LogP contribution in [0.3, 0.4) is 0 Å². The number of thiazole rings is 1. The van der Waals surface area contributed by atoms with Gasteiger partial charge in [-0.1, -0.05) is 5.16 Å². The van der Waals surface area contributed by atoms with Gasteiger partial charge in [0, 0.05) is 12.5 Å². The van der Waals surface area contributed by atoms with E-state index in [4.69, 9.17) is 10.6 Å². The van der Waals surface area contributed by atoms with E-state index in [1.54, 1.807) is 0 Å². The number of oxime groups is 1. The van der Waals surface area contributed by atoms with E-state index in [9.17, 15) is 28.9 Å². The zero-order valence-corrected chi connectivity index (χ0v) is 20.8. The molecule has 0 spiro atoms. The fraction of sp³-hybridized carbons (Fsp3) is 0.462. The van der Waals surface area contributed by atoms with Gasteiger partial charge in [-0.25, -0.2) is 14.2 Å². The normalized spacial score (nSPS) is 18.9. The molecule has 0 saturated carbocycles. The van der Waals surface area contributed by atoms with Gasteiger partial charge < -0.3 is 30.7 Å². The van der Waals surface area contributed by atoms with Gasteiger partial charge in [-0.3, -0.25) is 14.1 Å². The number of nitrogens with one attached hydrogen (secondary N) is 1. The average Bonchev–Trinajstić information content (AvgIpc) is 3.03. The summed E-state index contributed by atoms with van der Waals surface area (Å²) in [6.45, 7) is 2.05. The number of hydrogen-bond donors (Lipinski definition) is 3. The van der Waals surface area contributed by atoms with Crippen molar-refractivity contribution in [1.29, 1.82) is 0 Å². The van der Waals surface area contributed by atoms with Crippen LogP contribution in [0.15, 0.2) is 10.5 Å². The van der Waals surface area contributed by atoms with Gasteiger partial charge >= 0.3 is 59.1 Å². The van der Waals surface area contributed by atoms with E-state index in [0.717, 1.165) is 32.3 Å². The Morgan fingerprint density at radius 2 is 2.17 bits per heavy atom. The molecule has 1 aliphatic heterocycles. The van der Waals surface area contributed by atoms with Crippen molar-refractivity contribution in [3.8, 4) is 0 Å². The van der Waals surface area contributed by atoms with Crippen LogP contribution in [0.2, 0.25) is 0 Å². The number of nitrogen functional groups attached to an aromatic ring is 1. The van der Waals surface area contributed by atoms with E-state index in [-0.39, 0.29) is 68.8 Å². The molecule has 0 aliphatic carbocycles. The number of carboxylic acid groups (broad SMARTS) is 1. The monoisotopic (exact) mass is 473 g/mol. The number of rotatable bonds is 8. The van der Waals surface area contributed by atoms with Crippen molar-refractivity contribution in [3.05, 3.63) is 11.1 Å². The molecule has 1 saturated heterocycles. The van der Waals surface area contributed by atoms with E-state index in [1.807, 2.05) is 0 Å². The van der Waals surface area contributed by atoms with Crippen LogP contribution in [0.25, 0.3) is 0 Å². The van der Waals surface area contributed by atoms with Crippen molar-refractivity contribution in [3.63, 3.8) is 0 Å². The number of aliphatic carboxylic acids is 1. The smallest absolute Gasteiger partial charge is 0.546 e. The Bertz CT molecular complexity index is 890. The third-order valence-electron chi connectivity index (χ3n) is 3.59. The molecule has 1 aromatic heterocycles. The fourth-order valence-corrected chi connectivity index (χ4v) is 3.37. The van der Waals surface area contributed by atoms with Gasteiger partial charge in [0.05, 0.1) is 12.5 Å². The molecule has 29 heavy (non-hydrogen) atoms. The number of β-lactam (4-membered cyclic amide) rings is 1. The average molecular weight is 473 g/mol. The number of amides is 2. The molecule has 1 aliphatic rings. The number of carbonyl (C=O) groups is 3. The second-order valence-electron chi connectivity index (χ2n) is 6.02. The van der Waals surface area contributed by atoms with Gasteiger partial charge in [-0.15, -0.1) is 11.3 Å². The van der Waals surface area contributed by atoms with Crippen LogP contribution in [-0.4, -0.2) is 63.3 Å². The predicted molar refractivity (Wildman–Crippen MR) is 93.7 cm³/mol. The van der Waals surface area contributed by atoms with Crippen molar-refractivity contribution >= 4 is 47.7 Å². The minimum Gasteiger partial charge on any atom is -0.546 e. The first-order chi connectivity index (χ1) is 12.9. The Kier molecular flexibility index (Phi) is 8.95. The zero-order chi connectivity index (χ0) is 21.3. The van der Waals surface area contributed by atoms with Crippen molar-refractivity contribution in [2.45, 2.75) is 25.5 Å². The van der Waals surface area contributed by atoms with E-state index in [2.05, 4.69) is 20.0 Å². The van der Waals surface area contributed by atoms with Crippen LogP contribution in [0, 0.1) is 0 Å². The van der Waals surface area contributed by atoms with Crippen LogP contribution >= 0.6 is 19.1 Å². The second kappa shape index (κ2) is 9.94. The molecule has 1 fully saturated rings. The molecule has 154 valence electrons. The van der Waals surface area contributed by atoms with Crippen LogP contribution in [0.1, 0.15) is 19.5 Å². The molecule has 0 radical (unpaired) electrons. The maximum atomic E-state index is 12.5. The number of nitrogens with zero attached hydrogens (tertiary/aromatic N) is 3. The van der Waals surface area contributed by atoms with Crippen LogP contribution in [-0.2, 0) is 28.3 Å². The van der Waals surface area contributed by atoms with Gasteiger partial charge in [0.15, 0.2) is 16.4 Å². The Morgan fingerprint density at radius 3 is 2.62 bits per heavy atom. The summed E-state index contributed by atoms with van der Waals surface area (Å²) in [5.74, 6) is -3.34. The standard InChI is InChI=1S/C13H18N5O8PS.K/c1-13(2,11(21)22)26-17-8(7-5-28-12(14)16-7)9(19)15-6-4-18(10(6)20)27(23,24)25-3;/h5-6H,4H2,1-3H3,(H2,14,16)(H,15,19)(H,21,22)(H,23,24);/q;+1/p-1/b17-8+;/t6-;/m0./s1. The molecule has 1 unspecified atom stereocenters. The second-order valence-corrected chi connectivity index (χ2v) is 8.74. The first-order valence-electron chi connectivity index (χ1n) is 7.59. The quantitative estimate of drug-likeness (QED) is 0.108. The van der Waals surface area contributed by atoms with E-state index in [0.29, 0.717) is 4.67 Å². The number of carbonyl (C=O) groups excluding carboxylic acids is 3. The summed E-state index contributed by atoms with van der Waals surface area (Å²) in [6, 6.07) is -1.11. The number of aromatic nitrogens is 1. The molecular weight excluding hydrogens is 456 g/mol. The molecule has 0 bridgehead atoms. The van der Waals surface area contributed by atoms with Gasteiger partial charge in [0.25, 0.3) is 11.8 Å². The molecule has 16 heteroatoms. The Morgan fingerprint density at radius 1 is 1.55 bits per heavy atom. The van der Waals surface area contributed by atoms with Crippen LogP contribution in [0.4, 0.5) is 5.13 Å². The van der Waals surface area contributed by atoms with Gasteiger partial charge in [-0.05, 0) is 13.8 Å². The number of nitrogens with two attached hydrogens (primary N) is 1. The minimum absolute atomic E-state index is 0. The molecule has 1 aromatic rings. The Balaban J connectivity index is 0.00000420.